The van der Waals surface area contributed by atoms with E-state index in [1.54, 1.807) is 0 Å². The summed E-state index contributed by atoms with van der Waals surface area (Å²) < 4.78 is 0. The van der Waals surface area contributed by atoms with Gasteiger partial charge < -0.3 is 10.2 Å². The Morgan fingerprint density at radius 1 is 0.853 bits per heavy atom. The molecule has 4 aliphatic rings. The molecule has 190 valence electrons. The molecule has 0 aliphatic heterocycles. The third-order valence-electron chi connectivity index (χ3n) is 12.2. The molecule has 0 heterocycles. The standard InChI is InChI=1S/C30H46O4/c1-18(2)20-10-15-30(26(33)34)17-16-28(6)22(25(20)30)8-9-23-27(5,13-12-24(31)32)21(19(3)4)11-14-29(23,28)7/h20-23,25H,1,3,8-17H2,2,4-7H3,(H,31,32)(H,33,34)/t20-,21-,22+,23+,25?,27-,28+,29+,30-/m0/s1. The Hall–Kier alpha value is -1.58. The summed E-state index contributed by atoms with van der Waals surface area (Å²) in [6.07, 6.45) is 8.64. The molecule has 34 heavy (non-hydrogen) atoms. The van der Waals surface area contributed by atoms with E-state index in [4.69, 9.17) is 0 Å². The van der Waals surface area contributed by atoms with Crippen LogP contribution in [0.2, 0.25) is 0 Å². The zero-order valence-corrected chi connectivity index (χ0v) is 22.1. The molecule has 0 amide bonds. The Morgan fingerprint density at radius 3 is 2.09 bits per heavy atom. The fraction of sp³-hybridized carbons (Fsp3) is 0.800. The molecule has 0 saturated heterocycles. The van der Waals surface area contributed by atoms with Crippen LogP contribution in [0.3, 0.4) is 0 Å². The van der Waals surface area contributed by atoms with E-state index in [2.05, 4.69) is 47.8 Å². The van der Waals surface area contributed by atoms with Crippen molar-refractivity contribution in [3.05, 3.63) is 24.3 Å². The predicted molar refractivity (Wildman–Crippen MR) is 135 cm³/mol. The first kappa shape index (κ1) is 25.5. The number of carboxylic acid groups (broad SMARTS) is 2. The number of aliphatic carboxylic acids is 2. The van der Waals surface area contributed by atoms with Crippen LogP contribution in [-0.2, 0) is 9.59 Å². The largest absolute Gasteiger partial charge is 0.481 e. The van der Waals surface area contributed by atoms with E-state index in [-0.39, 0.29) is 28.6 Å². The van der Waals surface area contributed by atoms with E-state index in [1.165, 1.54) is 5.57 Å². The summed E-state index contributed by atoms with van der Waals surface area (Å²) in [4.78, 5) is 24.4. The van der Waals surface area contributed by atoms with Crippen LogP contribution in [0.4, 0.5) is 0 Å². The van der Waals surface area contributed by atoms with E-state index >= 15 is 0 Å². The molecule has 4 rings (SSSR count). The minimum Gasteiger partial charge on any atom is -0.481 e. The molecule has 4 fully saturated rings. The van der Waals surface area contributed by atoms with E-state index < -0.39 is 17.4 Å². The van der Waals surface area contributed by atoms with Gasteiger partial charge in [-0.2, -0.15) is 0 Å². The van der Waals surface area contributed by atoms with Gasteiger partial charge in [-0.15, -0.1) is 0 Å². The lowest BCUT2D eigenvalue weighted by atomic mass is 9.34. The number of carbonyl (C=O) groups is 2. The summed E-state index contributed by atoms with van der Waals surface area (Å²) in [6, 6.07) is 0. The maximum atomic E-state index is 12.7. The van der Waals surface area contributed by atoms with Gasteiger partial charge in [0.1, 0.15) is 0 Å². The van der Waals surface area contributed by atoms with E-state index in [9.17, 15) is 19.8 Å². The topological polar surface area (TPSA) is 74.6 Å². The predicted octanol–water partition coefficient (Wildman–Crippen LogP) is 7.35. The molecule has 0 aromatic carbocycles. The molecule has 4 aliphatic carbocycles. The summed E-state index contributed by atoms with van der Waals surface area (Å²) in [5.74, 6) is 0.322. The highest BCUT2D eigenvalue weighted by Gasteiger charge is 2.70. The smallest absolute Gasteiger partial charge is 0.309 e. The van der Waals surface area contributed by atoms with Gasteiger partial charge in [0, 0.05) is 6.42 Å². The van der Waals surface area contributed by atoms with Crippen molar-refractivity contribution >= 4 is 11.9 Å². The van der Waals surface area contributed by atoms with E-state index in [0.29, 0.717) is 30.1 Å². The van der Waals surface area contributed by atoms with Crippen molar-refractivity contribution in [1.29, 1.82) is 0 Å². The highest BCUT2D eigenvalue weighted by Crippen LogP contribution is 2.76. The van der Waals surface area contributed by atoms with Gasteiger partial charge >= 0.3 is 11.9 Å². The first-order chi connectivity index (χ1) is 15.7. The lowest BCUT2D eigenvalue weighted by Gasteiger charge is -2.70. The van der Waals surface area contributed by atoms with Crippen LogP contribution in [-0.4, -0.2) is 22.2 Å². The van der Waals surface area contributed by atoms with Crippen LogP contribution in [0.25, 0.3) is 0 Å². The van der Waals surface area contributed by atoms with Gasteiger partial charge in [0.05, 0.1) is 5.41 Å². The molecule has 0 radical (unpaired) electrons. The third-order valence-corrected chi connectivity index (χ3v) is 12.2. The second kappa shape index (κ2) is 8.23. The second-order valence-corrected chi connectivity index (χ2v) is 13.4. The van der Waals surface area contributed by atoms with Crippen molar-refractivity contribution in [2.45, 2.75) is 98.8 Å². The average molecular weight is 471 g/mol. The monoisotopic (exact) mass is 470 g/mol. The Morgan fingerprint density at radius 2 is 1.53 bits per heavy atom. The van der Waals surface area contributed by atoms with Crippen molar-refractivity contribution in [3.8, 4) is 0 Å². The summed E-state index contributed by atoms with van der Waals surface area (Å²) in [6.45, 7) is 20.2. The lowest BCUT2D eigenvalue weighted by Crippen LogP contribution is -2.64. The second-order valence-electron chi connectivity index (χ2n) is 13.4. The third kappa shape index (κ3) is 3.29. The number of hydrogen-bond donors (Lipinski definition) is 2. The summed E-state index contributed by atoms with van der Waals surface area (Å²) in [5.41, 5.74) is 1.79. The lowest BCUT2D eigenvalue weighted by molar-refractivity contribution is -0.219. The number of hydrogen-bond acceptors (Lipinski definition) is 2. The highest BCUT2D eigenvalue weighted by atomic mass is 16.4. The average Bonchev–Trinajstić information content (AvgIpc) is 3.14. The summed E-state index contributed by atoms with van der Waals surface area (Å²) in [5, 5.41) is 20.0. The maximum Gasteiger partial charge on any atom is 0.309 e. The van der Waals surface area contributed by atoms with Crippen LogP contribution in [0.1, 0.15) is 98.8 Å². The molecule has 2 N–H and O–H groups in total. The molecule has 0 spiro atoms. The Labute approximate surface area is 206 Å². The first-order valence-corrected chi connectivity index (χ1v) is 13.5. The van der Waals surface area contributed by atoms with Crippen molar-refractivity contribution in [2.24, 2.45) is 51.2 Å². The maximum absolute atomic E-state index is 12.7. The van der Waals surface area contributed by atoms with Crippen LogP contribution in [0.15, 0.2) is 24.3 Å². The summed E-state index contributed by atoms with van der Waals surface area (Å²) in [7, 11) is 0. The van der Waals surface area contributed by atoms with Crippen molar-refractivity contribution in [3.63, 3.8) is 0 Å². The SMILES string of the molecule is C=C(C)[C@@H]1CC[C@]2(C(=O)O)CC[C@]3(C)[C@H](CC[C@@H]4[C@@](C)(CCC(=O)O)[C@H](C(=C)C)CC[C@]43C)C12. The molecule has 0 aromatic rings. The van der Waals surface area contributed by atoms with Crippen LogP contribution in [0, 0.1) is 51.2 Å². The van der Waals surface area contributed by atoms with Gasteiger partial charge in [0.2, 0.25) is 0 Å². The number of allylic oxidation sites excluding steroid dienone is 2. The zero-order valence-electron chi connectivity index (χ0n) is 22.1. The Balaban J connectivity index is 1.78. The minimum absolute atomic E-state index is 0.0576. The molecule has 0 bridgehead atoms. The zero-order chi connectivity index (χ0) is 25.3. The highest BCUT2D eigenvalue weighted by molar-refractivity contribution is 5.76. The molecule has 4 saturated carbocycles. The Kier molecular flexibility index (Phi) is 6.18. The van der Waals surface area contributed by atoms with Crippen LogP contribution >= 0.6 is 0 Å². The van der Waals surface area contributed by atoms with Crippen LogP contribution in [0.5, 0.6) is 0 Å². The fourth-order valence-electron chi connectivity index (χ4n) is 10.4. The van der Waals surface area contributed by atoms with Gasteiger partial charge in [0.25, 0.3) is 0 Å². The molecular formula is C30H46O4. The van der Waals surface area contributed by atoms with Gasteiger partial charge in [-0.05, 0) is 117 Å². The van der Waals surface area contributed by atoms with Gasteiger partial charge in [-0.25, -0.2) is 0 Å². The van der Waals surface area contributed by atoms with Gasteiger partial charge in [-0.1, -0.05) is 45.1 Å². The Bertz CT molecular complexity index is 905. The first-order valence-electron chi connectivity index (χ1n) is 13.5. The van der Waals surface area contributed by atoms with Crippen LogP contribution < -0.4 is 0 Å². The quantitative estimate of drug-likeness (QED) is 0.398. The normalized spacial score (nSPS) is 47.7. The van der Waals surface area contributed by atoms with Crippen molar-refractivity contribution < 1.29 is 19.8 Å². The molecule has 0 aromatic heterocycles. The molecular weight excluding hydrogens is 424 g/mol. The van der Waals surface area contributed by atoms with E-state index in [0.717, 1.165) is 56.9 Å². The van der Waals surface area contributed by atoms with Crippen molar-refractivity contribution in [1.82, 2.24) is 0 Å². The molecule has 1 unspecified atom stereocenters. The summed E-state index contributed by atoms with van der Waals surface area (Å²) >= 11 is 0. The number of rotatable bonds is 6. The number of carboxylic acids is 2. The minimum atomic E-state index is -0.715. The fourth-order valence-corrected chi connectivity index (χ4v) is 10.4. The van der Waals surface area contributed by atoms with Gasteiger partial charge in [0.15, 0.2) is 0 Å². The van der Waals surface area contributed by atoms with Gasteiger partial charge in [-0.3, -0.25) is 9.59 Å². The molecule has 4 heteroatoms. The molecule has 9 atom stereocenters. The van der Waals surface area contributed by atoms with E-state index in [1.807, 2.05) is 0 Å². The molecule has 4 nitrogen and oxygen atoms in total. The number of fused-ring (bicyclic) bond motifs is 5. The van der Waals surface area contributed by atoms with Crippen molar-refractivity contribution in [2.75, 3.05) is 0 Å².